The van der Waals surface area contributed by atoms with E-state index in [-0.39, 0.29) is 5.54 Å². The van der Waals surface area contributed by atoms with Gasteiger partial charge in [0.15, 0.2) is 0 Å². The summed E-state index contributed by atoms with van der Waals surface area (Å²) in [5.74, 6) is 0.551. The van der Waals surface area contributed by atoms with Crippen molar-refractivity contribution >= 4 is 17.6 Å². The van der Waals surface area contributed by atoms with Gasteiger partial charge in [-0.3, -0.25) is 5.43 Å². The van der Waals surface area contributed by atoms with Crippen LogP contribution in [-0.4, -0.2) is 17.8 Å². The fourth-order valence-electron chi connectivity index (χ4n) is 4.22. The molecule has 0 spiro atoms. The van der Waals surface area contributed by atoms with Crippen LogP contribution >= 0.6 is 0 Å². The number of para-hydroxylation sites is 1. The maximum absolute atomic E-state index is 4.38. The monoisotopic (exact) mass is 335 g/mol. The zero-order chi connectivity index (χ0) is 18.0. The number of hydrogen-bond acceptors (Lipinski definition) is 3. The summed E-state index contributed by atoms with van der Waals surface area (Å²) >= 11 is 0. The third-order valence-corrected chi connectivity index (χ3v) is 5.00. The minimum atomic E-state index is 0.186. The van der Waals surface area contributed by atoms with Gasteiger partial charge in [0.1, 0.15) is 0 Å². The molecule has 1 atom stereocenters. The molecule has 1 aliphatic rings. The number of nitrogens with zero attached hydrogens (tertiary/aromatic N) is 2. The molecule has 2 aromatic rings. The molecular formula is C22H29N3. The third-order valence-electron chi connectivity index (χ3n) is 5.00. The molecule has 1 N–H and O–H groups in total. The van der Waals surface area contributed by atoms with Crippen molar-refractivity contribution in [3.8, 4) is 0 Å². The first-order valence-electron chi connectivity index (χ1n) is 9.16. The first kappa shape index (κ1) is 17.5. The average molecular weight is 335 g/mol. The van der Waals surface area contributed by atoms with Gasteiger partial charge < -0.3 is 4.90 Å². The standard InChI is InChI=1S/C22H29N3/c1-16(2)25-21-12-11-18(13-20(21)17(3)14-22(25,4)5)15-23-24-19-9-7-6-8-10-19/h6-13,15-17,24H,14H2,1-5H3/b23-15-/t17-/m0/s1. The maximum Gasteiger partial charge on any atom is 0.0561 e. The van der Waals surface area contributed by atoms with Gasteiger partial charge in [-0.25, -0.2) is 0 Å². The van der Waals surface area contributed by atoms with E-state index in [0.717, 1.165) is 11.3 Å². The van der Waals surface area contributed by atoms with E-state index in [9.17, 15) is 0 Å². The summed E-state index contributed by atoms with van der Waals surface area (Å²) in [6.07, 6.45) is 3.07. The lowest BCUT2D eigenvalue weighted by molar-refractivity contribution is 0.356. The van der Waals surface area contributed by atoms with Gasteiger partial charge in [0.2, 0.25) is 0 Å². The Morgan fingerprint density at radius 3 is 2.56 bits per heavy atom. The molecule has 0 fully saturated rings. The highest BCUT2D eigenvalue weighted by Crippen LogP contribution is 2.44. The van der Waals surface area contributed by atoms with E-state index in [1.54, 1.807) is 0 Å². The minimum absolute atomic E-state index is 0.186. The van der Waals surface area contributed by atoms with E-state index in [4.69, 9.17) is 0 Å². The molecule has 0 radical (unpaired) electrons. The van der Waals surface area contributed by atoms with E-state index in [1.807, 2.05) is 36.5 Å². The number of fused-ring (bicyclic) bond motifs is 1. The Bertz CT molecular complexity index is 747. The zero-order valence-electron chi connectivity index (χ0n) is 16.0. The van der Waals surface area contributed by atoms with Crippen molar-refractivity contribution in [2.45, 2.75) is 58.5 Å². The lowest BCUT2D eigenvalue weighted by atomic mass is 9.79. The van der Waals surface area contributed by atoms with E-state index in [0.29, 0.717) is 12.0 Å². The Morgan fingerprint density at radius 2 is 1.88 bits per heavy atom. The smallest absolute Gasteiger partial charge is 0.0561 e. The predicted molar refractivity (Wildman–Crippen MR) is 109 cm³/mol. The first-order chi connectivity index (χ1) is 11.9. The van der Waals surface area contributed by atoms with E-state index >= 15 is 0 Å². The van der Waals surface area contributed by atoms with Crippen molar-refractivity contribution in [1.29, 1.82) is 0 Å². The van der Waals surface area contributed by atoms with Crippen molar-refractivity contribution in [1.82, 2.24) is 0 Å². The molecule has 1 aliphatic heterocycles. The summed E-state index contributed by atoms with van der Waals surface area (Å²) in [6.45, 7) is 11.6. The molecule has 0 aromatic heterocycles. The van der Waals surface area contributed by atoms with Crippen LogP contribution in [0.2, 0.25) is 0 Å². The SMILES string of the molecule is CC(C)N1c2ccc(/C=N\Nc3ccccc3)cc2[C@@H](C)CC1(C)C. The highest BCUT2D eigenvalue weighted by molar-refractivity contribution is 5.82. The third kappa shape index (κ3) is 3.71. The lowest BCUT2D eigenvalue weighted by Crippen LogP contribution is -2.51. The normalized spacial score (nSPS) is 19.3. The van der Waals surface area contributed by atoms with E-state index < -0.39 is 0 Å². The van der Waals surface area contributed by atoms with Crippen LogP contribution in [0, 0.1) is 0 Å². The van der Waals surface area contributed by atoms with Gasteiger partial charge in [-0.05, 0) is 75.4 Å². The molecular weight excluding hydrogens is 306 g/mol. The predicted octanol–water partition coefficient (Wildman–Crippen LogP) is 5.63. The maximum atomic E-state index is 4.38. The Hall–Kier alpha value is -2.29. The number of rotatable bonds is 4. The van der Waals surface area contributed by atoms with Crippen molar-refractivity contribution in [2.75, 3.05) is 10.3 Å². The molecule has 3 heteroatoms. The van der Waals surface area contributed by atoms with Crippen LogP contribution in [0.15, 0.2) is 53.6 Å². The summed E-state index contributed by atoms with van der Waals surface area (Å²) in [5, 5.41) is 4.38. The van der Waals surface area contributed by atoms with Gasteiger partial charge in [-0.15, -0.1) is 0 Å². The quantitative estimate of drug-likeness (QED) is 0.579. The fraction of sp³-hybridized carbons (Fsp3) is 0.409. The summed E-state index contributed by atoms with van der Waals surface area (Å²) in [5.41, 5.74) is 8.20. The summed E-state index contributed by atoms with van der Waals surface area (Å²) in [7, 11) is 0. The van der Waals surface area contributed by atoms with Gasteiger partial charge in [0.25, 0.3) is 0 Å². The van der Waals surface area contributed by atoms with Crippen molar-refractivity contribution in [3.05, 3.63) is 59.7 Å². The van der Waals surface area contributed by atoms with Crippen LogP contribution < -0.4 is 10.3 Å². The molecule has 3 rings (SSSR count). The molecule has 0 amide bonds. The van der Waals surface area contributed by atoms with E-state index in [2.05, 4.69) is 68.2 Å². The minimum Gasteiger partial charge on any atom is -0.364 e. The molecule has 1 heterocycles. The van der Waals surface area contributed by atoms with Gasteiger partial charge in [-0.2, -0.15) is 5.10 Å². The number of benzene rings is 2. The summed E-state index contributed by atoms with van der Waals surface area (Å²) < 4.78 is 0. The Balaban J connectivity index is 1.85. The molecule has 0 saturated heterocycles. The van der Waals surface area contributed by atoms with Crippen molar-refractivity contribution < 1.29 is 0 Å². The molecule has 0 bridgehead atoms. The number of hydrazone groups is 1. The highest BCUT2D eigenvalue weighted by Gasteiger charge is 2.37. The highest BCUT2D eigenvalue weighted by atomic mass is 15.3. The lowest BCUT2D eigenvalue weighted by Gasteiger charge is -2.50. The van der Waals surface area contributed by atoms with Crippen LogP contribution in [0.3, 0.4) is 0 Å². The van der Waals surface area contributed by atoms with Crippen molar-refractivity contribution in [3.63, 3.8) is 0 Å². The van der Waals surface area contributed by atoms with Gasteiger partial charge >= 0.3 is 0 Å². The second kappa shape index (κ2) is 6.91. The molecule has 2 aromatic carbocycles. The Morgan fingerprint density at radius 1 is 1.16 bits per heavy atom. The fourth-order valence-corrected chi connectivity index (χ4v) is 4.22. The number of nitrogens with one attached hydrogen (secondary N) is 1. The van der Waals surface area contributed by atoms with Crippen LogP contribution in [-0.2, 0) is 0 Å². The first-order valence-corrected chi connectivity index (χ1v) is 9.16. The number of hydrogen-bond donors (Lipinski definition) is 1. The molecule has 0 unspecified atom stereocenters. The van der Waals surface area contributed by atoms with Crippen LogP contribution in [0.4, 0.5) is 11.4 Å². The van der Waals surface area contributed by atoms with Gasteiger partial charge in [0.05, 0.1) is 11.9 Å². The summed E-state index contributed by atoms with van der Waals surface area (Å²) in [4.78, 5) is 2.56. The Labute approximate surface area is 151 Å². The topological polar surface area (TPSA) is 27.6 Å². The van der Waals surface area contributed by atoms with Gasteiger partial charge in [0, 0.05) is 17.3 Å². The Kier molecular flexibility index (Phi) is 4.85. The van der Waals surface area contributed by atoms with E-state index in [1.165, 1.54) is 17.7 Å². The molecule has 3 nitrogen and oxygen atoms in total. The summed E-state index contributed by atoms with van der Waals surface area (Å²) in [6, 6.07) is 17.2. The largest absolute Gasteiger partial charge is 0.364 e. The second-order valence-corrected chi connectivity index (χ2v) is 7.94. The van der Waals surface area contributed by atoms with Crippen LogP contribution in [0.25, 0.3) is 0 Å². The van der Waals surface area contributed by atoms with Crippen molar-refractivity contribution in [2.24, 2.45) is 5.10 Å². The number of anilines is 2. The van der Waals surface area contributed by atoms with Gasteiger partial charge in [-0.1, -0.05) is 31.2 Å². The molecule has 0 saturated carbocycles. The van der Waals surface area contributed by atoms with Crippen LogP contribution in [0.5, 0.6) is 0 Å². The molecule has 0 aliphatic carbocycles. The zero-order valence-corrected chi connectivity index (χ0v) is 16.0. The molecule has 132 valence electrons. The van der Waals surface area contributed by atoms with Crippen LogP contribution in [0.1, 0.15) is 58.1 Å². The average Bonchev–Trinajstić information content (AvgIpc) is 2.55. The second-order valence-electron chi connectivity index (χ2n) is 7.94. The molecule has 25 heavy (non-hydrogen) atoms.